The normalized spacial score (nSPS) is 11.3. The molecule has 0 radical (unpaired) electrons. The lowest BCUT2D eigenvalue weighted by molar-refractivity contribution is -0.137. The van der Waals surface area contributed by atoms with Gasteiger partial charge in [0.05, 0.1) is 17.9 Å². The van der Waals surface area contributed by atoms with Crippen molar-refractivity contribution < 1.29 is 22.7 Å². The van der Waals surface area contributed by atoms with Gasteiger partial charge in [-0.05, 0) is 67.6 Å². The van der Waals surface area contributed by atoms with Crippen LogP contribution in [0.25, 0.3) is 17.1 Å². The SMILES string of the molecule is CCOc1ccc(-n2c(SCC(=O)Nc3ccc(C(F)(F)F)cc3)nnc2-c2ccncc2)cc1. The molecule has 0 spiro atoms. The predicted molar refractivity (Wildman–Crippen MR) is 127 cm³/mol. The Labute approximate surface area is 203 Å². The highest BCUT2D eigenvalue weighted by molar-refractivity contribution is 7.99. The maximum atomic E-state index is 12.7. The van der Waals surface area contributed by atoms with Crippen molar-refractivity contribution in [2.24, 2.45) is 0 Å². The number of benzene rings is 2. The number of nitrogens with one attached hydrogen (secondary N) is 1. The highest BCUT2D eigenvalue weighted by atomic mass is 32.2. The minimum atomic E-state index is -4.43. The van der Waals surface area contributed by atoms with Gasteiger partial charge in [0.25, 0.3) is 0 Å². The zero-order chi connectivity index (χ0) is 24.8. The Hall–Kier alpha value is -3.86. The van der Waals surface area contributed by atoms with Crippen molar-refractivity contribution in [3.8, 4) is 22.8 Å². The van der Waals surface area contributed by atoms with E-state index in [9.17, 15) is 18.0 Å². The van der Waals surface area contributed by atoms with Crippen molar-refractivity contribution in [3.05, 3.63) is 78.6 Å². The molecule has 1 amide bonds. The van der Waals surface area contributed by atoms with Gasteiger partial charge in [-0.2, -0.15) is 13.2 Å². The van der Waals surface area contributed by atoms with Gasteiger partial charge < -0.3 is 10.1 Å². The van der Waals surface area contributed by atoms with Gasteiger partial charge in [0.15, 0.2) is 11.0 Å². The zero-order valence-corrected chi connectivity index (χ0v) is 19.3. The van der Waals surface area contributed by atoms with Crippen LogP contribution in [-0.4, -0.2) is 38.0 Å². The maximum Gasteiger partial charge on any atom is 0.416 e. The molecule has 0 aliphatic carbocycles. The molecule has 4 aromatic rings. The quantitative estimate of drug-likeness (QED) is 0.324. The number of carbonyl (C=O) groups excluding carboxylic acids is 1. The molecule has 0 saturated carbocycles. The average Bonchev–Trinajstić information content (AvgIpc) is 3.28. The van der Waals surface area contributed by atoms with Gasteiger partial charge >= 0.3 is 6.18 Å². The number of rotatable bonds is 8. The molecule has 180 valence electrons. The van der Waals surface area contributed by atoms with Crippen LogP contribution in [0.3, 0.4) is 0 Å². The third kappa shape index (κ3) is 5.99. The molecule has 0 aliphatic heterocycles. The fraction of sp³-hybridized carbons (Fsp3) is 0.167. The van der Waals surface area contributed by atoms with E-state index in [-0.39, 0.29) is 17.3 Å². The van der Waals surface area contributed by atoms with E-state index >= 15 is 0 Å². The second-order valence-corrected chi connectivity index (χ2v) is 8.16. The van der Waals surface area contributed by atoms with Gasteiger partial charge in [-0.25, -0.2) is 0 Å². The number of alkyl halides is 3. The molecule has 0 aliphatic rings. The molecule has 1 N–H and O–H groups in total. The Morgan fingerprint density at radius 3 is 2.31 bits per heavy atom. The maximum absolute atomic E-state index is 12.7. The summed E-state index contributed by atoms with van der Waals surface area (Å²) in [7, 11) is 0. The van der Waals surface area contributed by atoms with Gasteiger partial charge in [-0.15, -0.1) is 10.2 Å². The van der Waals surface area contributed by atoms with E-state index in [4.69, 9.17) is 4.74 Å². The number of halogens is 3. The van der Waals surface area contributed by atoms with Crippen LogP contribution in [0.1, 0.15) is 12.5 Å². The summed E-state index contributed by atoms with van der Waals surface area (Å²) in [5, 5.41) is 11.7. The van der Waals surface area contributed by atoms with E-state index in [2.05, 4.69) is 20.5 Å². The summed E-state index contributed by atoms with van der Waals surface area (Å²) in [6.07, 6.45) is -1.14. The Morgan fingerprint density at radius 1 is 1.00 bits per heavy atom. The van der Waals surface area contributed by atoms with Gasteiger partial charge in [0.2, 0.25) is 5.91 Å². The van der Waals surface area contributed by atoms with Crippen LogP contribution in [0.5, 0.6) is 5.75 Å². The number of pyridine rings is 1. The Kier molecular flexibility index (Phi) is 7.35. The second kappa shape index (κ2) is 10.6. The summed E-state index contributed by atoms with van der Waals surface area (Å²) in [6, 6.07) is 15.3. The predicted octanol–water partition coefficient (Wildman–Crippen LogP) is 5.48. The van der Waals surface area contributed by atoms with Crippen LogP contribution in [0.15, 0.2) is 78.2 Å². The number of amides is 1. The fourth-order valence-electron chi connectivity index (χ4n) is 3.21. The topological polar surface area (TPSA) is 81.9 Å². The molecule has 0 unspecified atom stereocenters. The van der Waals surface area contributed by atoms with Crippen LogP contribution in [0.4, 0.5) is 18.9 Å². The number of thioether (sulfide) groups is 1. The highest BCUT2D eigenvalue weighted by Gasteiger charge is 2.30. The standard InChI is InChI=1S/C24H20F3N5O2S/c1-2-34-20-9-7-19(8-10-20)32-22(16-11-13-28-14-12-16)30-31-23(32)35-15-21(33)29-18-5-3-17(4-6-18)24(25,26)27/h3-14H,2,15H2,1H3,(H,29,33). The first kappa shape index (κ1) is 24.3. The lowest BCUT2D eigenvalue weighted by Crippen LogP contribution is -2.15. The first-order chi connectivity index (χ1) is 16.8. The molecular formula is C24H20F3N5O2S. The highest BCUT2D eigenvalue weighted by Crippen LogP contribution is 2.31. The molecular weight excluding hydrogens is 479 g/mol. The number of ether oxygens (including phenoxy) is 1. The van der Waals surface area contributed by atoms with Crippen molar-refractivity contribution in [2.45, 2.75) is 18.3 Å². The number of aromatic nitrogens is 4. The summed E-state index contributed by atoms with van der Waals surface area (Å²) in [6.45, 7) is 2.45. The molecule has 4 rings (SSSR count). The minimum absolute atomic E-state index is 0.0213. The number of hydrogen-bond acceptors (Lipinski definition) is 6. The van der Waals surface area contributed by atoms with E-state index < -0.39 is 11.7 Å². The number of nitrogens with zero attached hydrogens (tertiary/aromatic N) is 4. The van der Waals surface area contributed by atoms with Gasteiger partial charge in [0.1, 0.15) is 5.75 Å². The molecule has 35 heavy (non-hydrogen) atoms. The van der Waals surface area contributed by atoms with E-state index in [0.717, 1.165) is 40.9 Å². The molecule has 2 heterocycles. The van der Waals surface area contributed by atoms with Crippen molar-refractivity contribution in [3.63, 3.8) is 0 Å². The van der Waals surface area contributed by atoms with Crippen LogP contribution in [-0.2, 0) is 11.0 Å². The Balaban J connectivity index is 1.53. The van der Waals surface area contributed by atoms with Crippen LogP contribution >= 0.6 is 11.8 Å². The number of carbonyl (C=O) groups is 1. The summed E-state index contributed by atoms with van der Waals surface area (Å²) >= 11 is 1.16. The van der Waals surface area contributed by atoms with Crippen LogP contribution in [0, 0.1) is 0 Å². The van der Waals surface area contributed by atoms with Crippen molar-refractivity contribution in [2.75, 3.05) is 17.7 Å². The number of anilines is 1. The number of hydrogen-bond donors (Lipinski definition) is 1. The molecule has 0 atom stereocenters. The fourth-order valence-corrected chi connectivity index (χ4v) is 3.96. The molecule has 11 heteroatoms. The second-order valence-electron chi connectivity index (χ2n) is 7.22. The first-order valence-electron chi connectivity index (χ1n) is 10.5. The zero-order valence-electron chi connectivity index (χ0n) is 18.5. The molecule has 2 aromatic heterocycles. The van der Waals surface area contributed by atoms with Gasteiger partial charge in [-0.1, -0.05) is 11.8 Å². The molecule has 2 aromatic carbocycles. The van der Waals surface area contributed by atoms with Crippen molar-refractivity contribution in [1.82, 2.24) is 19.7 Å². The van der Waals surface area contributed by atoms with Crippen molar-refractivity contribution >= 4 is 23.4 Å². The van der Waals surface area contributed by atoms with E-state index in [1.54, 1.807) is 24.5 Å². The van der Waals surface area contributed by atoms with E-state index in [1.807, 2.05) is 35.8 Å². The minimum Gasteiger partial charge on any atom is -0.494 e. The third-order valence-electron chi connectivity index (χ3n) is 4.81. The van der Waals surface area contributed by atoms with E-state index in [1.165, 1.54) is 12.1 Å². The van der Waals surface area contributed by atoms with E-state index in [0.29, 0.717) is 17.6 Å². The summed E-state index contributed by atoms with van der Waals surface area (Å²) < 4.78 is 45.5. The Morgan fingerprint density at radius 2 is 1.69 bits per heavy atom. The van der Waals surface area contributed by atoms with Gasteiger partial charge in [0, 0.05) is 29.3 Å². The molecule has 0 bridgehead atoms. The Bertz CT molecular complexity index is 1280. The van der Waals surface area contributed by atoms with Crippen LogP contribution in [0.2, 0.25) is 0 Å². The average molecular weight is 500 g/mol. The first-order valence-corrected chi connectivity index (χ1v) is 11.5. The lowest BCUT2D eigenvalue weighted by atomic mass is 10.2. The lowest BCUT2D eigenvalue weighted by Gasteiger charge is -2.12. The molecule has 0 fully saturated rings. The summed E-state index contributed by atoms with van der Waals surface area (Å²) in [5.41, 5.74) is 1.06. The van der Waals surface area contributed by atoms with Crippen LogP contribution < -0.4 is 10.1 Å². The summed E-state index contributed by atoms with van der Waals surface area (Å²) in [4.78, 5) is 16.5. The monoisotopic (exact) mass is 499 g/mol. The molecule has 0 saturated heterocycles. The largest absolute Gasteiger partial charge is 0.494 e. The smallest absolute Gasteiger partial charge is 0.416 e. The molecule has 7 nitrogen and oxygen atoms in total. The van der Waals surface area contributed by atoms with Crippen molar-refractivity contribution in [1.29, 1.82) is 0 Å². The van der Waals surface area contributed by atoms with Gasteiger partial charge in [-0.3, -0.25) is 14.3 Å². The third-order valence-corrected chi connectivity index (χ3v) is 5.74. The summed E-state index contributed by atoms with van der Waals surface area (Å²) in [5.74, 6) is 0.885.